The number of halogens is 1. The van der Waals surface area contributed by atoms with Gasteiger partial charge in [0.25, 0.3) is 10.0 Å². The predicted molar refractivity (Wildman–Crippen MR) is 155 cm³/mol. The second kappa shape index (κ2) is 12.8. The molecule has 0 aliphatic carbocycles. The number of benzene rings is 2. The van der Waals surface area contributed by atoms with E-state index in [2.05, 4.69) is 35.5 Å². The first-order chi connectivity index (χ1) is 17.7. The van der Waals surface area contributed by atoms with Gasteiger partial charge in [-0.15, -0.1) is 12.4 Å². The van der Waals surface area contributed by atoms with Crippen molar-refractivity contribution in [3.8, 4) is 17.0 Å². The number of carbonyl (C=O) groups is 1. The van der Waals surface area contributed by atoms with Crippen molar-refractivity contribution in [3.05, 3.63) is 64.8 Å². The Bertz CT molecular complexity index is 1420. The summed E-state index contributed by atoms with van der Waals surface area (Å²) in [6.45, 7) is 10.3. The Labute approximate surface area is 236 Å². The number of aromatic carboxylic acids is 1. The number of aryl methyl sites for hydroxylation is 3. The van der Waals surface area contributed by atoms with Crippen molar-refractivity contribution < 1.29 is 23.1 Å². The van der Waals surface area contributed by atoms with Crippen LogP contribution in [0.1, 0.15) is 60.8 Å². The van der Waals surface area contributed by atoms with E-state index in [9.17, 15) is 18.3 Å². The van der Waals surface area contributed by atoms with Gasteiger partial charge in [-0.3, -0.25) is 0 Å². The van der Waals surface area contributed by atoms with Gasteiger partial charge in [-0.2, -0.15) is 0 Å². The molecule has 0 saturated carbocycles. The fourth-order valence-electron chi connectivity index (χ4n) is 4.47. The number of methoxy groups -OCH3 is 1. The highest BCUT2D eigenvalue weighted by molar-refractivity contribution is 7.92. The normalized spacial score (nSPS) is 12.4. The maximum Gasteiger partial charge on any atom is 0.335 e. The largest absolute Gasteiger partial charge is 0.493 e. The number of ether oxygens (including phenoxy) is 1. The summed E-state index contributed by atoms with van der Waals surface area (Å²) in [5.41, 5.74) is 10.0. The zero-order valence-corrected chi connectivity index (χ0v) is 24.7. The van der Waals surface area contributed by atoms with Crippen molar-refractivity contribution in [2.45, 2.75) is 64.8 Å². The van der Waals surface area contributed by atoms with Crippen LogP contribution in [-0.2, 0) is 16.4 Å². The zero-order valence-electron chi connectivity index (χ0n) is 23.1. The average Bonchev–Trinajstić information content (AvgIpc) is 2.81. The lowest BCUT2D eigenvalue weighted by Gasteiger charge is -2.23. The Morgan fingerprint density at radius 3 is 2.28 bits per heavy atom. The molecule has 39 heavy (non-hydrogen) atoms. The molecule has 0 amide bonds. The highest BCUT2D eigenvalue weighted by Crippen LogP contribution is 2.37. The van der Waals surface area contributed by atoms with Crippen LogP contribution in [-0.4, -0.2) is 42.6 Å². The molecule has 9 nitrogen and oxygen atoms in total. The summed E-state index contributed by atoms with van der Waals surface area (Å²) in [6.07, 6.45) is 1.87. The van der Waals surface area contributed by atoms with E-state index in [0.717, 1.165) is 29.2 Å². The minimum Gasteiger partial charge on any atom is -0.493 e. The first-order valence-corrected chi connectivity index (χ1v) is 13.8. The summed E-state index contributed by atoms with van der Waals surface area (Å²) < 4.78 is 34.6. The first kappa shape index (κ1) is 32.0. The summed E-state index contributed by atoms with van der Waals surface area (Å²) in [6, 6.07) is 10.9. The molecule has 212 valence electrons. The minimum atomic E-state index is -4.18. The highest BCUT2D eigenvalue weighted by Gasteiger charge is 2.24. The SMILES string of the molecule is COc1c(CC[C@H](N)CC(C)(C)C)nc(NS(=O)(=O)c2cccc(C(=O)O)c2)nc1-c1c(C)cccc1C.Cl. The molecule has 0 aliphatic rings. The Morgan fingerprint density at radius 2 is 1.72 bits per heavy atom. The van der Waals surface area contributed by atoms with Crippen molar-refractivity contribution in [3.63, 3.8) is 0 Å². The average molecular weight is 577 g/mol. The standard InChI is InChI=1S/C28H36N4O5S.ClH/c1-17-9-7-10-18(2)23(17)24-25(37-6)22(14-13-20(29)16-28(3,4)5)30-27(31-24)32-38(35,36)21-12-8-11-19(15-21)26(33)34;/h7-12,15,20H,13-14,16,29H2,1-6H3,(H,33,34)(H,30,31,32);1H/t20-;/m0./s1. The van der Waals surface area contributed by atoms with E-state index in [-0.39, 0.29) is 40.3 Å². The van der Waals surface area contributed by atoms with Gasteiger partial charge in [0.1, 0.15) is 5.69 Å². The number of sulfonamides is 1. The fraction of sp³-hybridized carbons (Fsp3) is 0.393. The quantitative estimate of drug-likeness (QED) is 0.291. The molecule has 0 spiro atoms. The predicted octanol–water partition coefficient (Wildman–Crippen LogP) is 5.39. The van der Waals surface area contributed by atoms with Gasteiger partial charge in [-0.1, -0.05) is 45.0 Å². The number of anilines is 1. The van der Waals surface area contributed by atoms with Crippen LogP contribution in [0.15, 0.2) is 47.4 Å². The lowest BCUT2D eigenvalue weighted by molar-refractivity contribution is 0.0696. The molecule has 0 radical (unpaired) electrons. The van der Waals surface area contributed by atoms with Gasteiger partial charge in [-0.05, 0) is 67.9 Å². The summed E-state index contributed by atoms with van der Waals surface area (Å²) in [4.78, 5) is 20.3. The number of carboxylic acids is 1. The molecule has 0 unspecified atom stereocenters. The van der Waals surface area contributed by atoms with Gasteiger partial charge < -0.3 is 15.6 Å². The number of nitrogens with two attached hydrogens (primary N) is 1. The van der Waals surface area contributed by atoms with E-state index >= 15 is 0 Å². The number of nitrogens with zero attached hydrogens (tertiary/aromatic N) is 2. The summed E-state index contributed by atoms with van der Waals surface area (Å²) in [7, 11) is -2.65. The topological polar surface area (TPSA) is 144 Å². The van der Waals surface area contributed by atoms with Gasteiger partial charge in [0.15, 0.2) is 5.75 Å². The Balaban J connectivity index is 0.00000533. The van der Waals surface area contributed by atoms with Crippen molar-refractivity contribution in [1.29, 1.82) is 0 Å². The zero-order chi connectivity index (χ0) is 28.3. The third-order valence-corrected chi connectivity index (χ3v) is 7.43. The maximum atomic E-state index is 13.2. The van der Waals surface area contributed by atoms with E-state index in [1.807, 2.05) is 32.0 Å². The fourth-order valence-corrected chi connectivity index (χ4v) is 5.46. The number of hydrogen-bond donors (Lipinski definition) is 3. The molecule has 1 heterocycles. The van der Waals surface area contributed by atoms with E-state index in [0.29, 0.717) is 30.0 Å². The highest BCUT2D eigenvalue weighted by atomic mass is 35.5. The molecule has 0 aliphatic heterocycles. The van der Waals surface area contributed by atoms with Crippen LogP contribution in [0.3, 0.4) is 0 Å². The summed E-state index contributed by atoms with van der Waals surface area (Å²) in [5, 5.41) is 9.28. The molecule has 2 aromatic carbocycles. The second-order valence-electron chi connectivity index (χ2n) is 10.6. The third kappa shape index (κ3) is 8.14. The number of aromatic nitrogens is 2. The van der Waals surface area contributed by atoms with Crippen LogP contribution in [0.2, 0.25) is 0 Å². The molecule has 4 N–H and O–H groups in total. The van der Waals surface area contributed by atoms with Gasteiger partial charge in [-0.25, -0.2) is 27.9 Å². The number of rotatable bonds is 10. The summed E-state index contributed by atoms with van der Waals surface area (Å²) >= 11 is 0. The van der Waals surface area contributed by atoms with Crippen LogP contribution in [0.5, 0.6) is 5.75 Å². The summed E-state index contributed by atoms with van der Waals surface area (Å²) in [5.74, 6) is -0.904. The molecule has 1 atom stereocenters. The molecular weight excluding hydrogens is 540 g/mol. The molecule has 0 fully saturated rings. The van der Waals surface area contributed by atoms with Gasteiger partial charge in [0, 0.05) is 11.6 Å². The van der Waals surface area contributed by atoms with Gasteiger partial charge in [0.05, 0.1) is 23.3 Å². The molecule has 0 saturated heterocycles. The van der Waals surface area contributed by atoms with E-state index < -0.39 is 16.0 Å². The monoisotopic (exact) mass is 576 g/mol. The lowest BCUT2D eigenvalue weighted by Crippen LogP contribution is -2.27. The molecule has 11 heteroatoms. The second-order valence-corrected chi connectivity index (χ2v) is 12.3. The van der Waals surface area contributed by atoms with E-state index in [1.165, 1.54) is 25.3 Å². The van der Waals surface area contributed by atoms with E-state index in [4.69, 9.17) is 10.5 Å². The van der Waals surface area contributed by atoms with Crippen LogP contribution in [0.4, 0.5) is 5.95 Å². The third-order valence-electron chi connectivity index (χ3n) is 6.10. The van der Waals surface area contributed by atoms with Crippen LogP contribution in [0, 0.1) is 19.3 Å². The molecule has 1 aromatic heterocycles. The van der Waals surface area contributed by atoms with Gasteiger partial charge in [0.2, 0.25) is 5.95 Å². The van der Waals surface area contributed by atoms with Crippen LogP contribution < -0.4 is 15.2 Å². The van der Waals surface area contributed by atoms with Crippen LogP contribution >= 0.6 is 12.4 Å². The number of nitrogens with one attached hydrogen (secondary N) is 1. The molecule has 3 aromatic rings. The molecule has 3 rings (SSSR count). The van der Waals surface area contributed by atoms with Crippen molar-refractivity contribution >= 4 is 34.3 Å². The van der Waals surface area contributed by atoms with Gasteiger partial charge >= 0.3 is 5.97 Å². The van der Waals surface area contributed by atoms with Crippen molar-refractivity contribution in [1.82, 2.24) is 9.97 Å². The Kier molecular flexibility index (Phi) is 10.5. The number of carboxylic acid groups (broad SMARTS) is 1. The lowest BCUT2D eigenvalue weighted by atomic mass is 9.86. The first-order valence-electron chi connectivity index (χ1n) is 12.3. The van der Waals surface area contributed by atoms with Crippen LogP contribution in [0.25, 0.3) is 11.3 Å². The smallest absolute Gasteiger partial charge is 0.335 e. The minimum absolute atomic E-state index is 0. The van der Waals surface area contributed by atoms with Crippen molar-refractivity contribution in [2.75, 3.05) is 11.8 Å². The molecule has 0 bridgehead atoms. The maximum absolute atomic E-state index is 13.2. The number of hydrogen-bond acceptors (Lipinski definition) is 7. The van der Waals surface area contributed by atoms with Crippen molar-refractivity contribution in [2.24, 2.45) is 11.1 Å². The van der Waals surface area contributed by atoms with E-state index in [1.54, 1.807) is 0 Å². The Hall–Kier alpha value is -3.21. The molecular formula is C28H37ClN4O5S. The Morgan fingerprint density at radius 1 is 1.10 bits per heavy atom.